The van der Waals surface area contributed by atoms with Gasteiger partial charge in [0.2, 0.25) is 0 Å². The zero-order valence-corrected chi connectivity index (χ0v) is 13.2. The van der Waals surface area contributed by atoms with Gasteiger partial charge in [0, 0.05) is 18.8 Å². The van der Waals surface area contributed by atoms with Gasteiger partial charge < -0.3 is 10.0 Å². The first kappa shape index (κ1) is 16.6. The molecule has 0 spiro atoms. The molecule has 0 saturated carbocycles. The molecule has 0 aliphatic heterocycles. The number of hydrogen-bond donors (Lipinski definition) is 1. The normalized spacial score (nSPS) is 10.1. The van der Waals surface area contributed by atoms with E-state index in [4.69, 9.17) is 10.4 Å². The molecular formula is C19H20N2O2. The van der Waals surface area contributed by atoms with Crippen LogP contribution < -0.4 is 4.90 Å². The molecule has 0 amide bonds. The van der Waals surface area contributed by atoms with Crippen LogP contribution in [0.3, 0.4) is 0 Å². The highest BCUT2D eigenvalue weighted by Crippen LogP contribution is 2.19. The van der Waals surface area contributed by atoms with E-state index in [1.165, 1.54) is 5.56 Å². The molecule has 0 aliphatic carbocycles. The van der Waals surface area contributed by atoms with Crippen molar-refractivity contribution in [3.8, 4) is 6.07 Å². The Morgan fingerprint density at radius 3 is 2.22 bits per heavy atom. The van der Waals surface area contributed by atoms with Gasteiger partial charge in [-0.25, -0.2) is 0 Å². The van der Waals surface area contributed by atoms with Crippen LogP contribution in [0.5, 0.6) is 0 Å². The molecule has 0 atom stereocenters. The van der Waals surface area contributed by atoms with Crippen molar-refractivity contribution in [1.29, 1.82) is 5.26 Å². The third-order valence-corrected chi connectivity index (χ3v) is 3.76. The molecule has 1 N–H and O–H groups in total. The third kappa shape index (κ3) is 4.86. The second kappa shape index (κ2) is 8.00. The first-order valence-electron chi connectivity index (χ1n) is 7.67. The van der Waals surface area contributed by atoms with Gasteiger partial charge in [-0.2, -0.15) is 5.26 Å². The van der Waals surface area contributed by atoms with Crippen LogP contribution in [0.1, 0.15) is 30.0 Å². The van der Waals surface area contributed by atoms with Crippen molar-refractivity contribution in [3.63, 3.8) is 0 Å². The smallest absolute Gasteiger partial charge is 0.305 e. The van der Waals surface area contributed by atoms with Crippen molar-refractivity contribution in [2.24, 2.45) is 0 Å². The highest BCUT2D eigenvalue weighted by Gasteiger charge is 2.10. The lowest BCUT2D eigenvalue weighted by atomic mass is 10.1. The molecule has 118 valence electrons. The maximum atomic E-state index is 10.9. The van der Waals surface area contributed by atoms with E-state index in [1.807, 2.05) is 24.3 Å². The topological polar surface area (TPSA) is 64.3 Å². The van der Waals surface area contributed by atoms with E-state index in [9.17, 15) is 4.79 Å². The Labute approximate surface area is 136 Å². The van der Waals surface area contributed by atoms with Crippen LogP contribution in [0.15, 0.2) is 48.5 Å². The van der Waals surface area contributed by atoms with Crippen molar-refractivity contribution in [3.05, 3.63) is 65.2 Å². The van der Waals surface area contributed by atoms with E-state index in [0.29, 0.717) is 18.7 Å². The van der Waals surface area contributed by atoms with Crippen LogP contribution in [-0.2, 0) is 17.8 Å². The minimum atomic E-state index is -0.806. The summed E-state index contributed by atoms with van der Waals surface area (Å²) in [5, 5.41) is 17.8. The Morgan fingerprint density at radius 2 is 1.70 bits per heavy atom. The summed E-state index contributed by atoms with van der Waals surface area (Å²) in [5.41, 5.74) is 3.94. The lowest BCUT2D eigenvalue weighted by molar-refractivity contribution is -0.136. The number of carbonyl (C=O) groups is 1. The quantitative estimate of drug-likeness (QED) is 0.848. The van der Waals surface area contributed by atoms with Gasteiger partial charge in [-0.3, -0.25) is 4.79 Å². The summed E-state index contributed by atoms with van der Waals surface area (Å²) in [6.45, 7) is 3.17. The molecule has 0 saturated heterocycles. The van der Waals surface area contributed by atoms with Crippen LogP contribution in [0.25, 0.3) is 0 Å². The van der Waals surface area contributed by atoms with E-state index in [0.717, 1.165) is 17.7 Å². The molecule has 2 rings (SSSR count). The van der Waals surface area contributed by atoms with Gasteiger partial charge in [0.1, 0.15) is 0 Å². The van der Waals surface area contributed by atoms with Gasteiger partial charge in [-0.1, -0.05) is 31.2 Å². The number of carboxylic acids is 1. The summed E-state index contributed by atoms with van der Waals surface area (Å²) < 4.78 is 0. The second-order valence-corrected chi connectivity index (χ2v) is 5.39. The largest absolute Gasteiger partial charge is 0.481 e. The van der Waals surface area contributed by atoms with Crippen LogP contribution in [0, 0.1) is 11.3 Å². The number of nitriles is 1. The van der Waals surface area contributed by atoms with E-state index >= 15 is 0 Å². The summed E-state index contributed by atoms with van der Waals surface area (Å²) in [7, 11) is 0. The summed E-state index contributed by atoms with van der Waals surface area (Å²) in [6, 6.07) is 17.7. The average Bonchev–Trinajstić information content (AvgIpc) is 2.59. The maximum absolute atomic E-state index is 10.9. The average molecular weight is 308 g/mol. The molecule has 2 aromatic carbocycles. The first-order valence-corrected chi connectivity index (χ1v) is 7.67. The molecule has 4 nitrogen and oxygen atoms in total. The molecular weight excluding hydrogens is 288 g/mol. The van der Waals surface area contributed by atoms with Crippen molar-refractivity contribution in [1.82, 2.24) is 0 Å². The molecule has 0 heterocycles. The van der Waals surface area contributed by atoms with Crippen LogP contribution in [0.2, 0.25) is 0 Å². The zero-order chi connectivity index (χ0) is 16.7. The Balaban J connectivity index is 2.17. The fourth-order valence-corrected chi connectivity index (χ4v) is 2.38. The molecule has 2 aromatic rings. The summed E-state index contributed by atoms with van der Waals surface area (Å²) in [6.07, 6.45) is 1.07. The molecule has 23 heavy (non-hydrogen) atoms. The van der Waals surface area contributed by atoms with E-state index < -0.39 is 5.97 Å². The van der Waals surface area contributed by atoms with Crippen molar-refractivity contribution in [2.45, 2.75) is 26.3 Å². The van der Waals surface area contributed by atoms with Crippen LogP contribution in [0.4, 0.5) is 5.69 Å². The van der Waals surface area contributed by atoms with Crippen LogP contribution >= 0.6 is 0 Å². The van der Waals surface area contributed by atoms with E-state index in [-0.39, 0.29) is 6.42 Å². The number of anilines is 1. The third-order valence-electron chi connectivity index (χ3n) is 3.76. The second-order valence-electron chi connectivity index (χ2n) is 5.39. The van der Waals surface area contributed by atoms with Gasteiger partial charge in [0.15, 0.2) is 0 Å². The Morgan fingerprint density at radius 1 is 1.09 bits per heavy atom. The molecule has 4 heteroatoms. The predicted octanol–water partition coefficient (Wildman–Crippen LogP) is 3.60. The minimum Gasteiger partial charge on any atom is -0.481 e. The van der Waals surface area contributed by atoms with Gasteiger partial charge in [0.25, 0.3) is 0 Å². The number of nitrogens with zero attached hydrogens (tertiary/aromatic N) is 2. The van der Waals surface area contributed by atoms with Crippen molar-refractivity contribution >= 4 is 11.7 Å². The summed E-state index contributed by atoms with van der Waals surface area (Å²) in [5.74, 6) is -0.806. The number of aryl methyl sites for hydroxylation is 1. The fraction of sp³-hybridized carbons (Fsp3) is 0.263. The highest BCUT2D eigenvalue weighted by molar-refractivity contribution is 5.67. The van der Waals surface area contributed by atoms with Gasteiger partial charge in [0.05, 0.1) is 18.1 Å². The molecule has 0 unspecified atom stereocenters. The Bertz CT molecular complexity index is 685. The molecule has 0 fully saturated rings. The minimum absolute atomic E-state index is 0.0891. The first-order chi connectivity index (χ1) is 11.1. The Hall–Kier alpha value is -2.80. The SMILES string of the molecule is CCc1ccc(N(CCC(=O)O)Cc2ccc(C#N)cc2)cc1. The van der Waals surface area contributed by atoms with Crippen molar-refractivity contribution in [2.75, 3.05) is 11.4 Å². The number of rotatable bonds is 7. The monoisotopic (exact) mass is 308 g/mol. The van der Waals surface area contributed by atoms with E-state index in [2.05, 4.69) is 30.0 Å². The number of carboxylic acid groups (broad SMARTS) is 1. The summed E-state index contributed by atoms with van der Waals surface area (Å²) in [4.78, 5) is 13.0. The molecule has 0 aliphatic rings. The molecule has 0 aromatic heterocycles. The number of benzene rings is 2. The van der Waals surface area contributed by atoms with Crippen LogP contribution in [-0.4, -0.2) is 17.6 Å². The maximum Gasteiger partial charge on any atom is 0.305 e. The Kier molecular flexibility index (Phi) is 5.76. The molecule has 0 radical (unpaired) electrons. The standard InChI is InChI=1S/C19H20N2O2/c1-2-15-7-9-18(10-8-15)21(12-11-19(22)23)14-17-5-3-16(13-20)4-6-17/h3-10H,2,11-12,14H2,1H3,(H,22,23). The number of hydrogen-bond acceptors (Lipinski definition) is 3. The number of aliphatic carboxylic acids is 1. The lowest BCUT2D eigenvalue weighted by Gasteiger charge is -2.24. The van der Waals surface area contributed by atoms with Gasteiger partial charge in [-0.15, -0.1) is 0 Å². The molecule has 0 bridgehead atoms. The van der Waals surface area contributed by atoms with Crippen molar-refractivity contribution < 1.29 is 9.90 Å². The van der Waals surface area contributed by atoms with Gasteiger partial charge >= 0.3 is 5.97 Å². The predicted molar refractivity (Wildman–Crippen MR) is 90.3 cm³/mol. The summed E-state index contributed by atoms with van der Waals surface area (Å²) >= 11 is 0. The zero-order valence-electron chi connectivity index (χ0n) is 13.2. The van der Waals surface area contributed by atoms with E-state index in [1.54, 1.807) is 12.1 Å². The van der Waals surface area contributed by atoms with Gasteiger partial charge in [-0.05, 0) is 41.8 Å². The highest BCUT2D eigenvalue weighted by atomic mass is 16.4. The lowest BCUT2D eigenvalue weighted by Crippen LogP contribution is -2.25. The fourth-order valence-electron chi connectivity index (χ4n) is 2.38.